The number of carbonyl (C=O) groups excluding carboxylic acids is 1. The quantitative estimate of drug-likeness (QED) is 0.890. The van der Waals surface area contributed by atoms with Crippen LogP contribution < -0.4 is 4.74 Å². The van der Waals surface area contributed by atoms with E-state index in [0.29, 0.717) is 19.6 Å². The summed E-state index contributed by atoms with van der Waals surface area (Å²) in [5, 5.41) is 10.1. The molecule has 1 amide bonds. The van der Waals surface area contributed by atoms with E-state index in [1.165, 1.54) is 0 Å². The minimum atomic E-state index is -1.01. The molecule has 1 fully saturated rings. The van der Waals surface area contributed by atoms with E-state index in [-0.39, 0.29) is 24.9 Å². The van der Waals surface area contributed by atoms with E-state index >= 15 is 0 Å². The summed E-state index contributed by atoms with van der Waals surface area (Å²) in [7, 11) is 0. The van der Waals surface area contributed by atoms with Crippen LogP contribution in [-0.2, 0) is 22.6 Å². The predicted octanol–water partition coefficient (Wildman–Crippen LogP) is 1.66. The first-order valence-electron chi connectivity index (χ1n) is 9.11. The summed E-state index contributed by atoms with van der Waals surface area (Å²) in [6.07, 6.45) is 2.03. The third-order valence-electron chi connectivity index (χ3n) is 6.04. The van der Waals surface area contributed by atoms with Gasteiger partial charge in [0, 0.05) is 24.7 Å². The van der Waals surface area contributed by atoms with Crippen LogP contribution in [0.4, 0.5) is 0 Å². The van der Waals surface area contributed by atoms with Crippen LogP contribution in [0, 0.1) is 25.2 Å². The number of aryl methyl sites for hydroxylation is 1. The molecule has 142 valence electrons. The lowest BCUT2D eigenvalue weighted by Gasteiger charge is -2.27. The van der Waals surface area contributed by atoms with Crippen molar-refractivity contribution < 1.29 is 19.4 Å². The van der Waals surface area contributed by atoms with Gasteiger partial charge >= 0.3 is 5.97 Å². The Balaban J connectivity index is 1.59. The second kappa shape index (κ2) is 6.40. The monoisotopic (exact) mass is 369 g/mol. The molecular formula is C20H23N3O4. The highest BCUT2D eigenvalue weighted by Crippen LogP contribution is 2.44. The van der Waals surface area contributed by atoms with E-state index < -0.39 is 11.4 Å². The van der Waals surface area contributed by atoms with Crippen LogP contribution in [0.2, 0.25) is 0 Å². The topological polar surface area (TPSA) is 84.7 Å². The second-order valence-electron chi connectivity index (χ2n) is 7.57. The van der Waals surface area contributed by atoms with Crippen LogP contribution >= 0.6 is 0 Å². The average molecular weight is 369 g/mol. The Morgan fingerprint density at radius 1 is 1.33 bits per heavy atom. The molecule has 1 aromatic heterocycles. The normalized spacial score (nSPS) is 23.9. The van der Waals surface area contributed by atoms with Crippen molar-refractivity contribution in [2.24, 2.45) is 11.3 Å². The number of carbonyl (C=O) groups is 2. The minimum absolute atomic E-state index is 0.0857. The number of nitrogens with zero attached hydrogens (tertiary/aromatic N) is 3. The number of fused-ring (bicyclic) bond motifs is 2. The van der Waals surface area contributed by atoms with Crippen molar-refractivity contribution >= 4 is 11.9 Å². The van der Waals surface area contributed by atoms with Gasteiger partial charge in [-0.3, -0.25) is 9.59 Å². The lowest BCUT2D eigenvalue weighted by molar-refractivity contribution is -0.151. The molecule has 0 saturated carbocycles. The lowest BCUT2D eigenvalue weighted by atomic mass is 9.74. The van der Waals surface area contributed by atoms with Gasteiger partial charge in [0.05, 0.1) is 24.0 Å². The summed E-state index contributed by atoms with van der Waals surface area (Å²) in [6, 6.07) is 7.56. The standard InChI is InChI=1S/C20H23N3O4/c1-13-14(2)23(12-21-13)9-18(24)22-8-16-10-27-17-6-4-3-5-15(17)7-20(16,11-22)19(25)26/h3-6,12,16H,7-11H2,1-2H3,(H,25,26)/t16-,20+/m1/s1. The Bertz CT molecular complexity index is 906. The van der Waals surface area contributed by atoms with Gasteiger partial charge in [0.1, 0.15) is 12.3 Å². The first kappa shape index (κ1) is 17.6. The summed E-state index contributed by atoms with van der Waals surface area (Å²) in [6.45, 7) is 4.90. The van der Waals surface area contributed by atoms with Gasteiger partial charge < -0.3 is 19.3 Å². The Morgan fingerprint density at radius 2 is 2.11 bits per heavy atom. The smallest absolute Gasteiger partial charge is 0.312 e. The number of hydrogen-bond donors (Lipinski definition) is 1. The van der Waals surface area contributed by atoms with Gasteiger partial charge in [0.15, 0.2) is 0 Å². The average Bonchev–Trinajstić information content (AvgIpc) is 3.12. The van der Waals surface area contributed by atoms with Crippen molar-refractivity contribution in [3.05, 3.63) is 47.5 Å². The molecule has 0 radical (unpaired) electrons. The van der Waals surface area contributed by atoms with Crippen LogP contribution in [0.15, 0.2) is 30.6 Å². The number of carboxylic acid groups (broad SMARTS) is 1. The molecule has 0 bridgehead atoms. The Labute approximate surface area is 157 Å². The highest BCUT2D eigenvalue weighted by atomic mass is 16.5. The Kier molecular flexibility index (Phi) is 4.17. The van der Waals surface area contributed by atoms with Gasteiger partial charge in [-0.15, -0.1) is 0 Å². The number of rotatable bonds is 3. The van der Waals surface area contributed by atoms with Crippen molar-refractivity contribution in [2.45, 2.75) is 26.8 Å². The lowest BCUT2D eigenvalue weighted by Crippen LogP contribution is -2.42. The molecule has 0 spiro atoms. The zero-order chi connectivity index (χ0) is 19.2. The highest BCUT2D eigenvalue weighted by molar-refractivity contribution is 5.81. The van der Waals surface area contributed by atoms with Crippen LogP contribution in [0.3, 0.4) is 0 Å². The van der Waals surface area contributed by atoms with Gasteiger partial charge in [-0.1, -0.05) is 18.2 Å². The second-order valence-corrected chi connectivity index (χ2v) is 7.57. The van der Waals surface area contributed by atoms with E-state index in [0.717, 1.165) is 22.7 Å². The van der Waals surface area contributed by atoms with E-state index in [2.05, 4.69) is 4.98 Å². The van der Waals surface area contributed by atoms with E-state index in [9.17, 15) is 14.7 Å². The first-order chi connectivity index (χ1) is 12.9. The van der Waals surface area contributed by atoms with Crippen molar-refractivity contribution in [3.63, 3.8) is 0 Å². The number of carboxylic acids is 1. The fraction of sp³-hybridized carbons (Fsp3) is 0.450. The van der Waals surface area contributed by atoms with Crippen molar-refractivity contribution in [3.8, 4) is 5.75 Å². The van der Waals surface area contributed by atoms with Crippen LogP contribution in [-0.4, -0.2) is 51.1 Å². The molecule has 0 unspecified atom stereocenters. The molecule has 3 heterocycles. The highest BCUT2D eigenvalue weighted by Gasteiger charge is 2.55. The molecule has 1 N–H and O–H groups in total. The molecule has 1 aromatic carbocycles. The number of benzene rings is 1. The summed E-state index contributed by atoms with van der Waals surface area (Å²) in [4.78, 5) is 31.1. The van der Waals surface area contributed by atoms with Crippen LogP contribution in [0.25, 0.3) is 0 Å². The first-order valence-corrected chi connectivity index (χ1v) is 9.11. The Hall–Kier alpha value is -2.83. The molecule has 7 nitrogen and oxygen atoms in total. The number of likely N-dealkylation sites (tertiary alicyclic amines) is 1. The third-order valence-corrected chi connectivity index (χ3v) is 6.04. The number of imidazole rings is 1. The SMILES string of the molecule is Cc1ncn(CC(=O)N2C[C@@H]3COc4ccccc4C[C@]3(C(=O)O)C2)c1C. The maximum atomic E-state index is 12.9. The maximum Gasteiger partial charge on any atom is 0.312 e. The van der Waals surface area contributed by atoms with Gasteiger partial charge in [0.25, 0.3) is 0 Å². The molecule has 2 aliphatic heterocycles. The van der Waals surface area contributed by atoms with Crippen molar-refractivity contribution in [2.75, 3.05) is 19.7 Å². The predicted molar refractivity (Wildman–Crippen MR) is 97.5 cm³/mol. The van der Waals surface area contributed by atoms with E-state index in [1.54, 1.807) is 11.2 Å². The molecule has 0 aliphatic carbocycles. The maximum absolute atomic E-state index is 12.9. The third kappa shape index (κ3) is 2.87. The van der Waals surface area contributed by atoms with Crippen LogP contribution in [0.1, 0.15) is 17.0 Å². The zero-order valence-corrected chi connectivity index (χ0v) is 15.5. The molecule has 27 heavy (non-hydrogen) atoms. The van der Waals surface area contributed by atoms with Gasteiger partial charge in [-0.25, -0.2) is 4.98 Å². The summed E-state index contributed by atoms with van der Waals surface area (Å²) in [5.74, 6) is -0.442. The Morgan fingerprint density at radius 3 is 2.81 bits per heavy atom. The van der Waals surface area contributed by atoms with Crippen molar-refractivity contribution in [1.29, 1.82) is 0 Å². The molecule has 2 aromatic rings. The largest absolute Gasteiger partial charge is 0.493 e. The minimum Gasteiger partial charge on any atom is -0.493 e. The van der Waals surface area contributed by atoms with Crippen LogP contribution in [0.5, 0.6) is 5.75 Å². The van der Waals surface area contributed by atoms with Gasteiger partial charge in [-0.05, 0) is 31.9 Å². The summed E-state index contributed by atoms with van der Waals surface area (Å²) in [5.41, 5.74) is 1.71. The van der Waals surface area contributed by atoms with E-state index in [4.69, 9.17) is 4.74 Å². The molecular weight excluding hydrogens is 346 g/mol. The number of ether oxygens (including phenoxy) is 1. The summed E-state index contributed by atoms with van der Waals surface area (Å²) >= 11 is 0. The fourth-order valence-corrected chi connectivity index (χ4v) is 4.17. The number of para-hydroxylation sites is 1. The molecule has 4 rings (SSSR count). The number of amides is 1. The van der Waals surface area contributed by atoms with Crippen molar-refractivity contribution in [1.82, 2.24) is 14.5 Å². The van der Waals surface area contributed by atoms with Gasteiger partial charge in [0.2, 0.25) is 5.91 Å². The molecule has 2 atom stereocenters. The number of aliphatic carboxylic acids is 1. The molecule has 7 heteroatoms. The summed E-state index contributed by atoms with van der Waals surface area (Å²) < 4.78 is 7.70. The number of aromatic nitrogens is 2. The fourth-order valence-electron chi connectivity index (χ4n) is 4.17. The zero-order valence-electron chi connectivity index (χ0n) is 15.5. The number of hydrogen-bond acceptors (Lipinski definition) is 4. The van der Waals surface area contributed by atoms with Gasteiger partial charge in [-0.2, -0.15) is 0 Å². The molecule has 1 saturated heterocycles. The molecule has 2 aliphatic rings. The van der Waals surface area contributed by atoms with E-state index in [1.807, 2.05) is 42.7 Å².